The fraction of sp³-hybridized carbons (Fsp3) is 0.125. The largest absolute Gasteiger partial charge is 0.296 e. The van der Waals surface area contributed by atoms with E-state index in [9.17, 15) is 13.2 Å². The van der Waals surface area contributed by atoms with Crippen molar-refractivity contribution in [2.75, 3.05) is 15.9 Å². The standard InChI is InChI=1S/C24H22N4O3S3/c1-34(30,31)28(21-10-6-3-7-11-21)16-18-12-14-20(15-13-18)22(29)25-23-26-27-24(33-23)32-17-19-8-4-2-5-9-19/h2-15H,16-17H2,1H3,(H,25,26,29). The molecule has 0 saturated heterocycles. The second-order valence-corrected chi connectivity index (χ2v) is 11.5. The Kier molecular flexibility index (Phi) is 7.61. The van der Waals surface area contributed by atoms with Crippen LogP contribution in [-0.4, -0.2) is 30.8 Å². The molecule has 0 unspecified atom stereocenters. The van der Waals surface area contributed by atoms with E-state index in [1.165, 1.54) is 27.5 Å². The average Bonchev–Trinajstić information content (AvgIpc) is 3.29. The molecule has 0 aliphatic carbocycles. The maximum absolute atomic E-state index is 12.6. The van der Waals surface area contributed by atoms with Crippen molar-refractivity contribution in [3.05, 3.63) is 102 Å². The summed E-state index contributed by atoms with van der Waals surface area (Å²) in [6.07, 6.45) is 1.18. The number of aromatic nitrogens is 2. The summed E-state index contributed by atoms with van der Waals surface area (Å²) >= 11 is 2.89. The summed E-state index contributed by atoms with van der Waals surface area (Å²) in [5.41, 5.74) is 2.99. The van der Waals surface area contributed by atoms with Crippen LogP contribution in [0.5, 0.6) is 0 Å². The number of hydrogen-bond donors (Lipinski definition) is 1. The molecule has 0 bridgehead atoms. The number of amides is 1. The number of thioether (sulfide) groups is 1. The van der Waals surface area contributed by atoms with Crippen molar-refractivity contribution >= 4 is 49.8 Å². The lowest BCUT2D eigenvalue weighted by atomic mass is 10.1. The van der Waals surface area contributed by atoms with Crippen LogP contribution in [0.15, 0.2) is 89.3 Å². The second kappa shape index (κ2) is 10.8. The minimum atomic E-state index is -3.47. The van der Waals surface area contributed by atoms with Gasteiger partial charge in [0.2, 0.25) is 15.2 Å². The summed E-state index contributed by atoms with van der Waals surface area (Å²) in [5, 5.41) is 11.4. The van der Waals surface area contributed by atoms with E-state index in [0.29, 0.717) is 16.4 Å². The minimum Gasteiger partial charge on any atom is -0.296 e. The van der Waals surface area contributed by atoms with E-state index in [0.717, 1.165) is 15.7 Å². The number of benzene rings is 3. The van der Waals surface area contributed by atoms with E-state index >= 15 is 0 Å². The summed E-state index contributed by atoms with van der Waals surface area (Å²) in [5.74, 6) is 0.476. The third-order valence-corrected chi connectivity index (χ3v) is 8.00. The minimum absolute atomic E-state index is 0.170. The highest BCUT2D eigenvalue weighted by molar-refractivity contribution is 8.00. The number of anilines is 2. The van der Waals surface area contributed by atoms with Crippen LogP contribution in [0.3, 0.4) is 0 Å². The van der Waals surface area contributed by atoms with Crippen LogP contribution in [0.1, 0.15) is 21.5 Å². The number of nitrogens with zero attached hydrogens (tertiary/aromatic N) is 3. The zero-order valence-electron chi connectivity index (χ0n) is 18.3. The van der Waals surface area contributed by atoms with Gasteiger partial charge in [0, 0.05) is 11.3 Å². The topological polar surface area (TPSA) is 92.3 Å². The molecule has 0 fully saturated rings. The van der Waals surface area contributed by atoms with E-state index in [1.54, 1.807) is 60.3 Å². The molecule has 0 spiro atoms. The zero-order valence-corrected chi connectivity index (χ0v) is 20.7. The first-order valence-electron chi connectivity index (χ1n) is 10.3. The molecule has 4 rings (SSSR count). The monoisotopic (exact) mass is 510 g/mol. The Labute approximate surface area is 206 Å². The SMILES string of the molecule is CS(=O)(=O)N(Cc1ccc(C(=O)Nc2nnc(SCc3ccccc3)s2)cc1)c1ccccc1. The highest BCUT2D eigenvalue weighted by atomic mass is 32.2. The molecule has 0 radical (unpaired) electrons. The normalized spacial score (nSPS) is 11.2. The maximum atomic E-state index is 12.6. The lowest BCUT2D eigenvalue weighted by Gasteiger charge is -2.22. The first-order valence-corrected chi connectivity index (χ1v) is 14.0. The van der Waals surface area contributed by atoms with Gasteiger partial charge in [-0.2, -0.15) is 0 Å². The van der Waals surface area contributed by atoms with Gasteiger partial charge in [-0.3, -0.25) is 14.4 Å². The molecule has 0 aliphatic rings. The predicted octanol–water partition coefficient (Wildman–Crippen LogP) is 5.05. The van der Waals surface area contributed by atoms with Crippen molar-refractivity contribution in [3.63, 3.8) is 0 Å². The molecule has 4 aromatic rings. The molecule has 34 heavy (non-hydrogen) atoms. The lowest BCUT2D eigenvalue weighted by Crippen LogP contribution is -2.29. The number of carbonyl (C=O) groups excluding carboxylic acids is 1. The summed E-state index contributed by atoms with van der Waals surface area (Å²) in [6.45, 7) is 0.170. The molecule has 7 nitrogen and oxygen atoms in total. The molecule has 174 valence electrons. The summed E-state index contributed by atoms with van der Waals surface area (Å²) < 4.78 is 26.7. The summed E-state index contributed by atoms with van der Waals surface area (Å²) in [7, 11) is -3.47. The third-order valence-electron chi connectivity index (χ3n) is 4.82. The van der Waals surface area contributed by atoms with Gasteiger partial charge in [-0.1, -0.05) is 83.8 Å². The Balaban J connectivity index is 1.37. The van der Waals surface area contributed by atoms with Gasteiger partial charge < -0.3 is 0 Å². The van der Waals surface area contributed by atoms with Crippen LogP contribution >= 0.6 is 23.1 Å². The van der Waals surface area contributed by atoms with Crippen LogP contribution in [0.25, 0.3) is 0 Å². The first kappa shape index (κ1) is 23.9. The zero-order chi connectivity index (χ0) is 24.0. The number of para-hydroxylation sites is 1. The Morgan fingerprint density at radius 2 is 1.56 bits per heavy atom. The van der Waals surface area contributed by atoms with Crippen molar-refractivity contribution in [2.45, 2.75) is 16.6 Å². The van der Waals surface area contributed by atoms with Gasteiger partial charge in [-0.15, -0.1) is 10.2 Å². The second-order valence-electron chi connectivity index (χ2n) is 7.40. The first-order chi connectivity index (χ1) is 16.4. The number of rotatable bonds is 9. The molecule has 1 amide bonds. The van der Waals surface area contributed by atoms with E-state index in [-0.39, 0.29) is 12.5 Å². The maximum Gasteiger partial charge on any atom is 0.257 e. The highest BCUT2D eigenvalue weighted by Gasteiger charge is 2.18. The van der Waals surface area contributed by atoms with Gasteiger partial charge in [0.25, 0.3) is 5.91 Å². The Morgan fingerprint density at radius 1 is 0.912 bits per heavy atom. The fourth-order valence-electron chi connectivity index (χ4n) is 3.13. The van der Waals surface area contributed by atoms with Crippen LogP contribution in [0, 0.1) is 0 Å². The van der Waals surface area contributed by atoms with Crippen molar-refractivity contribution in [1.29, 1.82) is 0 Å². The number of carbonyl (C=O) groups is 1. The molecular formula is C24H22N4O3S3. The predicted molar refractivity (Wildman–Crippen MR) is 138 cm³/mol. The van der Waals surface area contributed by atoms with Gasteiger partial charge >= 0.3 is 0 Å². The van der Waals surface area contributed by atoms with Gasteiger partial charge in [0.15, 0.2) is 4.34 Å². The smallest absolute Gasteiger partial charge is 0.257 e. The van der Waals surface area contributed by atoms with Crippen LogP contribution in [0.2, 0.25) is 0 Å². The molecule has 0 aliphatic heterocycles. The molecule has 3 aromatic carbocycles. The lowest BCUT2D eigenvalue weighted by molar-refractivity contribution is 0.102. The molecule has 0 saturated carbocycles. The Morgan fingerprint density at radius 3 is 2.21 bits per heavy atom. The van der Waals surface area contributed by atoms with E-state index in [4.69, 9.17) is 0 Å². The fourth-order valence-corrected chi connectivity index (χ4v) is 5.72. The Hall–Kier alpha value is -3.21. The molecular weight excluding hydrogens is 488 g/mol. The van der Waals surface area contributed by atoms with Gasteiger partial charge in [0.05, 0.1) is 18.5 Å². The average molecular weight is 511 g/mol. The quantitative estimate of drug-likeness (QED) is 0.250. The highest BCUT2D eigenvalue weighted by Crippen LogP contribution is 2.28. The Bertz CT molecular complexity index is 1340. The van der Waals surface area contributed by atoms with Crippen molar-refractivity contribution in [1.82, 2.24) is 10.2 Å². The summed E-state index contributed by atoms with van der Waals surface area (Å²) in [6, 6.07) is 25.8. The van der Waals surface area contributed by atoms with Crippen LogP contribution in [-0.2, 0) is 22.3 Å². The number of nitrogens with one attached hydrogen (secondary N) is 1. The molecule has 1 heterocycles. The van der Waals surface area contributed by atoms with Gasteiger partial charge in [0.1, 0.15) is 0 Å². The van der Waals surface area contributed by atoms with Gasteiger partial charge in [-0.05, 0) is 35.4 Å². The van der Waals surface area contributed by atoms with Crippen molar-refractivity contribution in [2.24, 2.45) is 0 Å². The summed E-state index contributed by atoms with van der Waals surface area (Å²) in [4.78, 5) is 12.6. The molecule has 10 heteroatoms. The van der Waals surface area contributed by atoms with E-state index < -0.39 is 10.0 Å². The number of hydrogen-bond acceptors (Lipinski definition) is 7. The van der Waals surface area contributed by atoms with Crippen molar-refractivity contribution < 1.29 is 13.2 Å². The van der Waals surface area contributed by atoms with Crippen molar-refractivity contribution in [3.8, 4) is 0 Å². The molecule has 1 aromatic heterocycles. The van der Waals surface area contributed by atoms with Crippen LogP contribution < -0.4 is 9.62 Å². The van der Waals surface area contributed by atoms with Crippen LogP contribution in [0.4, 0.5) is 10.8 Å². The molecule has 0 atom stereocenters. The third kappa shape index (κ3) is 6.43. The number of sulfonamides is 1. The van der Waals surface area contributed by atoms with E-state index in [1.807, 2.05) is 24.3 Å². The molecule has 1 N–H and O–H groups in total. The van der Waals surface area contributed by atoms with Gasteiger partial charge in [-0.25, -0.2) is 8.42 Å². The van der Waals surface area contributed by atoms with E-state index in [2.05, 4.69) is 27.6 Å².